The highest BCUT2D eigenvalue weighted by Gasteiger charge is 2.35. The van der Waals surface area contributed by atoms with Crippen LogP contribution in [0.2, 0.25) is 0 Å². The number of hydrogen-bond donors (Lipinski definition) is 2. The van der Waals surface area contributed by atoms with Gasteiger partial charge in [0, 0.05) is 22.3 Å². The van der Waals surface area contributed by atoms with E-state index in [0.29, 0.717) is 17.3 Å². The second-order valence-electron chi connectivity index (χ2n) is 6.85. The van der Waals surface area contributed by atoms with Crippen LogP contribution in [0.5, 0.6) is 0 Å². The molecular weight excluding hydrogens is 358 g/mol. The molecule has 0 spiro atoms. The van der Waals surface area contributed by atoms with Crippen LogP contribution in [-0.2, 0) is 4.79 Å². The minimum absolute atomic E-state index is 0.142. The predicted molar refractivity (Wildman–Crippen MR) is 110 cm³/mol. The third kappa shape index (κ3) is 3.45. The summed E-state index contributed by atoms with van der Waals surface area (Å²) in [6, 6.07) is 15.0. The van der Waals surface area contributed by atoms with Crippen molar-refractivity contribution < 1.29 is 9.59 Å². The Hall–Kier alpha value is -2.73. The molecule has 6 heteroatoms. The molecule has 0 bridgehead atoms. The van der Waals surface area contributed by atoms with Gasteiger partial charge in [-0.25, -0.2) is 0 Å². The van der Waals surface area contributed by atoms with Gasteiger partial charge >= 0.3 is 0 Å². The molecule has 1 atom stereocenters. The number of nitrogens with zero attached hydrogens (tertiary/aromatic N) is 1. The zero-order chi connectivity index (χ0) is 19.0. The first kappa shape index (κ1) is 17.7. The molecule has 2 amide bonds. The minimum Gasteiger partial charge on any atom is -0.351 e. The monoisotopic (exact) mass is 379 g/mol. The summed E-state index contributed by atoms with van der Waals surface area (Å²) < 4.78 is 0. The van der Waals surface area contributed by atoms with Gasteiger partial charge in [-0.15, -0.1) is 11.8 Å². The van der Waals surface area contributed by atoms with Gasteiger partial charge in [0.05, 0.1) is 5.88 Å². The van der Waals surface area contributed by atoms with E-state index in [2.05, 4.69) is 10.3 Å². The number of rotatable bonds is 3. The van der Waals surface area contributed by atoms with E-state index in [1.165, 1.54) is 5.56 Å². The molecule has 27 heavy (non-hydrogen) atoms. The van der Waals surface area contributed by atoms with Crippen molar-refractivity contribution in [2.75, 3.05) is 16.9 Å². The number of thioether (sulfide) groups is 1. The van der Waals surface area contributed by atoms with Crippen molar-refractivity contribution in [1.29, 1.82) is 0 Å². The quantitative estimate of drug-likeness (QED) is 0.724. The van der Waals surface area contributed by atoms with Gasteiger partial charge < -0.3 is 15.2 Å². The van der Waals surface area contributed by atoms with E-state index in [0.717, 1.165) is 22.2 Å². The summed E-state index contributed by atoms with van der Waals surface area (Å²) in [5, 5.41) is 3.95. The Morgan fingerprint density at radius 3 is 2.70 bits per heavy atom. The Balaban J connectivity index is 1.53. The Morgan fingerprint density at radius 2 is 1.93 bits per heavy atom. The Morgan fingerprint density at radius 1 is 1.11 bits per heavy atom. The highest BCUT2D eigenvalue weighted by atomic mass is 32.2. The van der Waals surface area contributed by atoms with Crippen LogP contribution in [0.15, 0.2) is 48.5 Å². The fraction of sp³-hybridized carbons (Fsp3) is 0.238. The molecule has 0 saturated carbocycles. The Kier molecular flexibility index (Phi) is 4.66. The van der Waals surface area contributed by atoms with E-state index >= 15 is 0 Å². The molecule has 3 aromatic rings. The zero-order valence-electron chi connectivity index (χ0n) is 15.3. The highest BCUT2D eigenvalue weighted by molar-refractivity contribution is 7.99. The number of carbonyl (C=O) groups excluding carboxylic acids is 2. The molecule has 1 fully saturated rings. The Bertz CT molecular complexity index is 994. The van der Waals surface area contributed by atoms with Gasteiger partial charge in [0.2, 0.25) is 5.91 Å². The number of fused-ring (bicyclic) bond motifs is 1. The van der Waals surface area contributed by atoms with E-state index < -0.39 is 6.04 Å². The molecule has 1 aromatic heterocycles. The lowest BCUT2D eigenvalue weighted by Gasteiger charge is -2.22. The first-order chi connectivity index (χ1) is 13.0. The number of benzene rings is 2. The maximum absolute atomic E-state index is 13.0. The van der Waals surface area contributed by atoms with Gasteiger partial charge in [0.15, 0.2) is 0 Å². The average Bonchev–Trinajstić information content (AvgIpc) is 3.31. The third-order valence-corrected chi connectivity index (χ3v) is 5.99. The number of hydrogen-bond acceptors (Lipinski definition) is 3. The molecule has 2 heterocycles. The lowest BCUT2D eigenvalue weighted by molar-refractivity contribution is -0.119. The SMILES string of the molecule is Cc1ccc(NC(=O)[C@@H]2CSCN2C(=O)c2cc3ccccc3[nH]2)cc1C. The number of H-pyrrole nitrogens is 1. The molecular formula is C21H21N3O2S. The topological polar surface area (TPSA) is 65.2 Å². The van der Waals surface area contributed by atoms with Gasteiger partial charge in [0.25, 0.3) is 5.91 Å². The van der Waals surface area contributed by atoms with Crippen LogP contribution in [0.1, 0.15) is 21.6 Å². The lowest BCUT2D eigenvalue weighted by atomic mass is 10.1. The van der Waals surface area contributed by atoms with Crippen molar-refractivity contribution in [2.45, 2.75) is 19.9 Å². The second kappa shape index (κ2) is 7.12. The molecule has 1 aliphatic rings. The normalized spacial score (nSPS) is 16.7. The van der Waals surface area contributed by atoms with Crippen LogP contribution in [-0.4, -0.2) is 39.4 Å². The number of aromatic nitrogens is 1. The molecule has 0 radical (unpaired) electrons. The van der Waals surface area contributed by atoms with Gasteiger partial charge in [-0.2, -0.15) is 0 Å². The number of anilines is 1. The van der Waals surface area contributed by atoms with Crippen molar-refractivity contribution in [3.63, 3.8) is 0 Å². The number of aryl methyl sites for hydroxylation is 2. The third-order valence-electron chi connectivity index (χ3n) is 4.98. The fourth-order valence-corrected chi connectivity index (χ4v) is 4.40. The van der Waals surface area contributed by atoms with E-state index in [-0.39, 0.29) is 11.8 Å². The molecule has 4 rings (SSSR count). The lowest BCUT2D eigenvalue weighted by Crippen LogP contribution is -2.44. The van der Waals surface area contributed by atoms with Crippen molar-refractivity contribution in [1.82, 2.24) is 9.88 Å². The van der Waals surface area contributed by atoms with Crippen molar-refractivity contribution >= 4 is 40.2 Å². The smallest absolute Gasteiger partial charge is 0.271 e. The number of para-hydroxylation sites is 1. The summed E-state index contributed by atoms with van der Waals surface area (Å²) in [5.41, 5.74) is 4.50. The van der Waals surface area contributed by atoms with Gasteiger partial charge in [-0.3, -0.25) is 9.59 Å². The predicted octanol–water partition coefficient (Wildman–Crippen LogP) is 3.94. The standard InChI is InChI=1S/C21H21N3O2S/c1-13-7-8-16(9-14(13)2)22-20(25)19-11-27-12-24(19)21(26)18-10-15-5-3-4-6-17(15)23-18/h3-10,19,23H,11-12H2,1-2H3,(H,22,25)/t19-/m0/s1. The van der Waals surface area contributed by atoms with E-state index in [9.17, 15) is 9.59 Å². The number of nitrogens with one attached hydrogen (secondary N) is 2. The van der Waals surface area contributed by atoms with E-state index in [1.807, 2.05) is 62.4 Å². The molecule has 1 aliphatic heterocycles. The summed E-state index contributed by atoms with van der Waals surface area (Å²) in [5.74, 6) is 0.825. The fourth-order valence-electron chi connectivity index (χ4n) is 3.25. The highest BCUT2D eigenvalue weighted by Crippen LogP contribution is 2.26. The molecule has 5 nitrogen and oxygen atoms in total. The van der Waals surface area contributed by atoms with Gasteiger partial charge in [0.1, 0.15) is 11.7 Å². The minimum atomic E-state index is -0.476. The molecule has 0 aliphatic carbocycles. The molecule has 0 unspecified atom stereocenters. The van der Waals surface area contributed by atoms with E-state index in [1.54, 1.807) is 16.7 Å². The molecule has 2 aromatic carbocycles. The molecule has 1 saturated heterocycles. The number of amides is 2. The number of carbonyl (C=O) groups is 2. The maximum Gasteiger partial charge on any atom is 0.271 e. The maximum atomic E-state index is 13.0. The van der Waals surface area contributed by atoms with Crippen molar-refractivity contribution in [3.8, 4) is 0 Å². The number of aromatic amines is 1. The van der Waals surface area contributed by atoms with Crippen LogP contribution in [0.25, 0.3) is 10.9 Å². The first-order valence-electron chi connectivity index (χ1n) is 8.87. The molecule has 2 N–H and O–H groups in total. The summed E-state index contributed by atoms with van der Waals surface area (Å²) in [6.07, 6.45) is 0. The summed E-state index contributed by atoms with van der Waals surface area (Å²) in [7, 11) is 0. The zero-order valence-corrected chi connectivity index (χ0v) is 16.1. The van der Waals surface area contributed by atoms with Crippen LogP contribution >= 0.6 is 11.8 Å². The van der Waals surface area contributed by atoms with Gasteiger partial charge in [-0.05, 0) is 49.2 Å². The van der Waals surface area contributed by atoms with Crippen molar-refractivity contribution in [2.24, 2.45) is 0 Å². The summed E-state index contributed by atoms with van der Waals surface area (Å²) in [4.78, 5) is 30.6. The summed E-state index contributed by atoms with van der Waals surface area (Å²) in [6.45, 7) is 4.05. The molecule has 138 valence electrons. The van der Waals surface area contributed by atoms with Crippen LogP contribution in [0.4, 0.5) is 5.69 Å². The van der Waals surface area contributed by atoms with Crippen molar-refractivity contribution in [3.05, 3.63) is 65.4 Å². The largest absolute Gasteiger partial charge is 0.351 e. The van der Waals surface area contributed by atoms with Crippen LogP contribution in [0.3, 0.4) is 0 Å². The second-order valence-corrected chi connectivity index (χ2v) is 7.85. The van der Waals surface area contributed by atoms with Crippen LogP contribution < -0.4 is 5.32 Å². The summed E-state index contributed by atoms with van der Waals surface area (Å²) >= 11 is 1.60. The average molecular weight is 379 g/mol. The van der Waals surface area contributed by atoms with E-state index in [4.69, 9.17) is 0 Å². The van der Waals surface area contributed by atoms with Crippen LogP contribution in [0, 0.1) is 13.8 Å². The van der Waals surface area contributed by atoms with Gasteiger partial charge in [-0.1, -0.05) is 24.3 Å². The Labute approximate surface area is 162 Å². The first-order valence-corrected chi connectivity index (χ1v) is 10.0.